The fraction of sp³-hybridized carbons (Fsp3) is 0.179. The number of carbonyl (C=O) groups excluding carboxylic acids is 2. The number of amides is 2. The van der Waals surface area contributed by atoms with Crippen molar-refractivity contribution in [3.63, 3.8) is 0 Å². The van der Waals surface area contributed by atoms with Gasteiger partial charge in [0.15, 0.2) is 11.5 Å². The molecule has 0 aliphatic rings. The van der Waals surface area contributed by atoms with Crippen LogP contribution in [-0.4, -0.2) is 43.3 Å². The highest BCUT2D eigenvalue weighted by atomic mass is 127. The number of anilines is 1. The fourth-order valence-corrected chi connectivity index (χ4v) is 4.15. The maximum Gasteiger partial charge on any atom is 0.287 e. The number of phenolic OH excluding ortho intramolecular Hbond substituents is 1. The predicted molar refractivity (Wildman–Crippen MR) is 155 cm³/mol. The van der Waals surface area contributed by atoms with Crippen molar-refractivity contribution in [1.82, 2.24) is 10.7 Å². The van der Waals surface area contributed by atoms with Gasteiger partial charge in [-0.3, -0.25) is 9.59 Å². The van der Waals surface area contributed by atoms with Gasteiger partial charge in [-0.25, -0.2) is 5.43 Å². The van der Waals surface area contributed by atoms with Crippen molar-refractivity contribution in [2.75, 3.05) is 25.1 Å². The Bertz CT molecular complexity index is 1290. The van der Waals surface area contributed by atoms with E-state index >= 15 is 0 Å². The van der Waals surface area contributed by atoms with Crippen molar-refractivity contribution in [1.29, 1.82) is 0 Å². The largest absolute Gasteiger partial charge is 0.504 e. The summed E-state index contributed by atoms with van der Waals surface area (Å²) in [4.78, 5) is 28.0. The molecule has 0 aliphatic heterocycles. The molecule has 3 N–H and O–H groups in total. The summed E-state index contributed by atoms with van der Waals surface area (Å²) in [6.45, 7) is 5.95. The van der Waals surface area contributed by atoms with Gasteiger partial charge in [-0.15, -0.1) is 0 Å². The van der Waals surface area contributed by atoms with Gasteiger partial charge < -0.3 is 20.1 Å². The molecule has 0 fully saturated rings. The van der Waals surface area contributed by atoms with Crippen molar-refractivity contribution in [3.8, 4) is 11.5 Å². The molecule has 0 heterocycles. The van der Waals surface area contributed by atoms with E-state index in [0.29, 0.717) is 20.4 Å². The molecule has 0 radical (unpaired) electrons. The zero-order valence-corrected chi connectivity index (χ0v) is 23.0. The predicted octanol–water partition coefficient (Wildman–Crippen LogP) is 4.77. The second-order valence-electron chi connectivity index (χ2n) is 7.89. The fourth-order valence-electron chi connectivity index (χ4n) is 3.53. The molecule has 0 unspecified atom stereocenters. The van der Waals surface area contributed by atoms with Gasteiger partial charge in [0, 0.05) is 24.3 Å². The first-order chi connectivity index (χ1) is 17.9. The molecule has 0 saturated heterocycles. The Morgan fingerprint density at radius 2 is 1.70 bits per heavy atom. The van der Waals surface area contributed by atoms with Gasteiger partial charge >= 0.3 is 0 Å². The van der Waals surface area contributed by atoms with Gasteiger partial charge in [0.25, 0.3) is 11.8 Å². The van der Waals surface area contributed by atoms with Crippen LogP contribution in [0.25, 0.3) is 6.08 Å². The Hall–Kier alpha value is -3.86. The molecule has 8 nitrogen and oxygen atoms in total. The van der Waals surface area contributed by atoms with Crippen molar-refractivity contribution in [2.45, 2.75) is 13.8 Å². The molecule has 2 amide bonds. The molecule has 3 rings (SSSR count). The van der Waals surface area contributed by atoms with Crippen LogP contribution in [0.5, 0.6) is 11.5 Å². The van der Waals surface area contributed by atoms with E-state index in [9.17, 15) is 14.7 Å². The standard InChI is InChI=1S/C28H29IN4O4/c1-4-33(5-2)22-13-11-19(12-14-22)16-24(31-27(35)21-9-7-6-8-10-21)28(36)32-30-18-20-15-23(29)26(34)25(17-20)37-3/h6-18,34H,4-5H2,1-3H3,(H,31,35)(H,32,36). The maximum absolute atomic E-state index is 13.0. The highest BCUT2D eigenvalue weighted by molar-refractivity contribution is 14.1. The summed E-state index contributed by atoms with van der Waals surface area (Å²) in [7, 11) is 1.45. The van der Waals surface area contributed by atoms with Crippen LogP contribution in [0.3, 0.4) is 0 Å². The number of hydrogen-bond donors (Lipinski definition) is 3. The van der Waals surface area contributed by atoms with Gasteiger partial charge in [-0.05, 0) is 90.0 Å². The van der Waals surface area contributed by atoms with Crippen LogP contribution >= 0.6 is 22.6 Å². The summed E-state index contributed by atoms with van der Waals surface area (Å²) >= 11 is 1.98. The summed E-state index contributed by atoms with van der Waals surface area (Å²) < 4.78 is 5.74. The topological polar surface area (TPSA) is 103 Å². The number of hydrazone groups is 1. The molecule has 192 valence electrons. The van der Waals surface area contributed by atoms with Crippen LogP contribution in [0.4, 0.5) is 5.69 Å². The summed E-state index contributed by atoms with van der Waals surface area (Å²) in [6.07, 6.45) is 3.03. The minimum absolute atomic E-state index is 0.0325. The lowest BCUT2D eigenvalue weighted by Gasteiger charge is -2.20. The van der Waals surface area contributed by atoms with Gasteiger partial charge in [0.1, 0.15) is 5.70 Å². The molecule has 37 heavy (non-hydrogen) atoms. The van der Waals surface area contributed by atoms with Crippen LogP contribution in [0.2, 0.25) is 0 Å². The lowest BCUT2D eigenvalue weighted by atomic mass is 10.1. The van der Waals surface area contributed by atoms with E-state index < -0.39 is 11.8 Å². The summed E-state index contributed by atoms with van der Waals surface area (Å²) in [5.41, 5.74) is 5.36. The smallest absolute Gasteiger partial charge is 0.287 e. The van der Waals surface area contributed by atoms with Gasteiger partial charge in [0.05, 0.1) is 16.9 Å². The lowest BCUT2D eigenvalue weighted by Crippen LogP contribution is -2.32. The van der Waals surface area contributed by atoms with Crippen molar-refractivity contribution < 1.29 is 19.4 Å². The van der Waals surface area contributed by atoms with E-state index in [1.807, 2.05) is 52.9 Å². The van der Waals surface area contributed by atoms with Gasteiger partial charge in [-0.1, -0.05) is 30.3 Å². The van der Waals surface area contributed by atoms with Crippen LogP contribution in [0.15, 0.2) is 77.5 Å². The van der Waals surface area contributed by atoms with Gasteiger partial charge in [0.2, 0.25) is 0 Å². The normalized spacial score (nSPS) is 11.3. The number of aromatic hydroxyl groups is 1. The number of nitrogens with zero attached hydrogens (tertiary/aromatic N) is 2. The molecule has 0 aliphatic carbocycles. The van der Waals surface area contributed by atoms with E-state index in [4.69, 9.17) is 4.74 Å². The molecular weight excluding hydrogens is 583 g/mol. The summed E-state index contributed by atoms with van der Waals surface area (Å²) in [6, 6.07) is 19.7. The van der Waals surface area contributed by atoms with E-state index in [2.05, 4.69) is 34.6 Å². The number of ether oxygens (including phenoxy) is 1. The van der Waals surface area contributed by atoms with Crippen LogP contribution in [0.1, 0.15) is 35.3 Å². The minimum Gasteiger partial charge on any atom is -0.504 e. The van der Waals surface area contributed by atoms with E-state index in [1.54, 1.807) is 42.5 Å². The molecule has 3 aromatic carbocycles. The molecule has 0 bridgehead atoms. The third kappa shape index (κ3) is 7.56. The number of phenols is 1. The van der Waals surface area contributed by atoms with Crippen molar-refractivity contribution in [3.05, 3.63) is 92.7 Å². The molecule has 0 aromatic heterocycles. The lowest BCUT2D eigenvalue weighted by molar-refractivity contribution is -0.117. The number of halogens is 1. The van der Waals surface area contributed by atoms with Crippen molar-refractivity contribution in [2.24, 2.45) is 5.10 Å². The second-order valence-corrected chi connectivity index (χ2v) is 9.06. The summed E-state index contributed by atoms with van der Waals surface area (Å²) in [5.74, 6) is -0.675. The van der Waals surface area contributed by atoms with E-state index in [0.717, 1.165) is 24.3 Å². The molecule has 3 aromatic rings. The van der Waals surface area contributed by atoms with E-state index in [-0.39, 0.29) is 11.4 Å². The van der Waals surface area contributed by atoms with E-state index in [1.165, 1.54) is 13.3 Å². The first-order valence-electron chi connectivity index (χ1n) is 11.7. The second kappa shape index (κ2) is 13.4. The number of rotatable bonds is 10. The number of hydrogen-bond acceptors (Lipinski definition) is 6. The number of carbonyl (C=O) groups is 2. The third-order valence-corrected chi connectivity index (χ3v) is 6.33. The molecule has 9 heteroatoms. The SMILES string of the molecule is CCN(CC)c1ccc(C=C(NC(=O)c2ccccc2)C(=O)NN=Cc2cc(I)c(O)c(OC)c2)cc1. The quantitative estimate of drug-likeness (QED) is 0.133. The van der Waals surface area contributed by atoms with Crippen molar-refractivity contribution >= 4 is 52.4 Å². The number of benzene rings is 3. The Morgan fingerprint density at radius 3 is 2.32 bits per heavy atom. The zero-order valence-electron chi connectivity index (χ0n) is 20.9. The molecule has 0 saturated carbocycles. The Balaban J connectivity index is 1.84. The molecule has 0 atom stereocenters. The third-order valence-electron chi connectivity index (χ3n) is 5.51. The Labute approximate surface area is 230 Å². The van der Waals surface area contributed by atoms with Crippen LogP contribution in [0, 0.1) is 3.57 Å². The Kier molecular flexibility index (Phi) is 10.1. The highest BCUT2D eigenvalue weighted by Crippen LogP contribution is 2.31. The average molecular weight is 612 g/mol. The maximum atomic E-state index is 13.0. The zero-order chi connectivity index (χ0) is 26.8. The summed E-state index contributed by atoms with van der Waals surface area (Å²) in [5, 5.41) is 16.7. The number of methoxy groups -OCH3 is 1. The highest BCUT2D eigenvalue weighted by Gasteiger charge is 2.15. The molecule has 0 spiro atoms. The number of nitrogens with one attached hydrogen (secondary N) is 2. The average Bonchev–Trinajstić information content (AvgIpc) is 2.92. The monoisotopic (exact) mass is 612 g/mol. The Morgan fingerprint density at radius 1 is 1.03 bits per heavy atom. The first-order valence-corrected chi connectivity index (χ1v) is 12.8. The van der Waals surface area contributed by atoms with Gasteiger partial charge in [-0.2, -0.15) is 5.10 Å². The first kappa shape index (κ1) is 27.7. The minimum atomic E-state index is -0.589. The molecular formula is C28H29IN4O4. The van der Waals surface area contributed by atoms with Crippen LogP contribution in [-0.2, 0) is 4.79 Å². The van der Waals surface area contributed by atoms with Crippen LogP contribution < -0.4 is 20.4 Å².